The molecule has 20 heavy (non-hydrogen) atoms. The number of hydrogen-bond donors (Lipinski definition) is 2. The number of hydrogen-bond acceptors (Lipinski definition) is 2. The second-order valence-electron chi connectivity index (χ2n) is 5.07. The first-order valence-corrected chi connectivity index (χ1v) is 6.51. The third-order valence-corrected chi connectivity index (χ3v) is 3.22. The van der Waals surface area contributed by atoms with E-state index in [0.29, 0.717) is 11.6 Å². The van der Waals surface area contributed by atoms with E-state index >= 15 is 0 Å². The maximum Gasteiger partial charge on any atom is 0.308 e. The molecule has 0 atom stereocenters. The van der Waals surface area contributed by atoms with Crippen molar-refractivity contribution < 1.29 is 9.90 Å². The van der Waals surface area contributed by atoms with Crippen molar-refractivity contribution in [2.24, 2.45) is 0 Å². The van der Waals surface area contributed by atoms with E-state index < -0.39 is 5.97 Å². The van der Waals surface area contributed by atoms with E-state index in [1.165, 1.54) is 5.56 Å². The molecule has 0 radical (unpaired) electrons. The summed E-state index contributed by atoms with van der Waals surface area (Å²) >= 11 is 0. The van der Waals surface area contributed by atoms with Gasteiger partial charge in [0.2, 0.25) is 0 Å². The van der Waals surface area contributed by atoms with Gasteiger partial charge >= 0.3 is 5.97 Å². The average Bonchev–Trinajstić information content (AvgIpc) is 2.41. The zero-order chi connectivity index (χ0) is 14.7. The van der Waals surface area contributed by atoms with Crippen LogP contribution in [0.1, 0.15) is 30.9 Å². The summed E-state index contributed by atoms with van der Waals surface area (Å²) in [5.41, 5.74) is 2.75. The molecule has 0 bridgehead atoms. The van der Waals surface area contributed by atoms with Crippen molar-refractivity contribution in [3.8, 4) is 11.3 Å². The molecular weight excluding hydrogens is 254 g/mol. The molecule has 104 valence electrons. The lowest BCUT2D eigenvalue weighted by atomic mass is 10.0. The van der Waals surface area contributed by atoms with E-state index in [1.807, 2.05) is 24.3 Å². The molecule has 0 aliphatic carbocycles. The molecule has 2 N–H and O–H groups in total. The normalized spacial score (nSPS) is 10.8. The largest absolute Gasteiger partial charge is 0.481 e. The summed E-state index contributed by atoms with van der Waals surface area (Å²) in [5, 5.41) is 8.71. The molecule has 2 rings (SSSR count). The predicted octanol–water partition coefficient (Wildman–Crippen LogP) is 2.79. The van der Waals surface area contributed by atoms with Crippen LogP contribution in [0.25, 0.3) is 11.3 Å². The van der Waals surface area contributed by atoms with Crippen molar-refractivity contribution in [1.29, 1.82) is 0 Å². The van der Waals surface area contributed by atoms with Gasteiger partial charge < -0.3 is 10.1 Å². The molecule has 2 aromatic rings. The summed E-state index contributed by atoms with van der Waals surface area (Å²) in [6.07, 6.45) is -0.262. The number of rotatable bonds is 4. The summed E-state index contributed by atoms with van der Waals surface area (Å²) in [5.74, 6) is -0.550. The van der Waals surface area contributed by atoms with Crippen molar-refractivity contribution >= 4 is 5.97 Å². The summed E-state index contributed by atoms with van der Waals surface area (Å²) in [6, 6.07) is 11.3. The van der Waals surface area contributed by atoms with E-state index in [1.54, 1.807) is 12.1 Å². The van der Waals surface area contributed by atoms with Crippen LogP contribution >= 0.6 is 0 Å². The molecule has 1 heterocycles. The number of pyridine rings is 1. The van der Waals surface area contributed by atoms with Crippen LogP contribution in [-0.2, 0) is 11.2 Å². The zero-order valence-electron chi connectivity index (χ0n) is 11.5. The van der Waals surface area contributed by atoms with Gasteiger partial charge in [-0.15, -0.1) is 0 Å². The van der Waals surface area contributed by atoms with Crippen LogP contribution in [0.5, 0.6) is 0 Å². The first-order valence-electron chi connectivity index (χ1n) is 6.51. The van der Waals surface area contributed by atoms with E-state index in [-0.39, 0.29) is 17.5 Å². The van der Waals surface area contributed by atoms with Gasteiger partial charge in [0.25, 0.3) is 5.56 Å². The van der Waals surface area contributed by atoms with E-state index in [4.69, 9.17) is 5.11 Å². The fourth-order valence-corrected chi connectivity index (χ4v) is 2.02. The number of carboxylic acid groups (broad SMARTS) is 1. The van der Waals surface area contributed by atoms with Crippen LogP contribution in [0.2, 0.25) is 0 Å². The molecule has 0 aliphatic rings. The van der Waals surface area contributed by atoms with Gasteiger partial charge in [0, 0.05) is 11.3 Å². The smallest absolute Gasteiger partial charge is 0.308 e. The highest BCUT2D eigenvalue weighted by Gasteiger charge is 2.07. The highest BCUT2D eigenvalue weighted by molar-refractivity contribution is 5.70. The standard InChI is InChI=1S/C16H17NO3/c1-10(2)11-3-5-12(6-4-11)14-8-7-13(9-15(18)19)16(20)17-14/h3-8,10H,9H2,1-2H3,(H,17,20)(H,18,19). The number of benzene rings is 1. The summed E-state index contributed by atoms with van der Waals surface area (Å²) in [4.78, 5) is 25.2. The highest BCUT2D eigenvalue weighted by atomic mass is 16.4. The molecule has 0 aliphatic heterocycles. The van der Waals surface area contributed by atoms with Crippen LogP contribution < -0.4 is 5.56 Å². The summed E-state index contributed by atoms with van der Waals surface area (Å²) in [7, 11) is 0. The van der Waals surface area contributed by atoms with E-state index in [2.05, 4.69) is 18.8 Å². The number of aromatic amines is 1. The Bertz CT molecular complexity index is 669. The van der Waals surface area contributed by atoms with Crippen LogP contribution in [0.15, 0.2) is 41.2 Å². The van der Waals surface area contributed by atoms with E-state index in [0.717, 1.165) is 5.56 Å². The van der Waals surface area contributed by atoms with Crippen molar-refractivity contribution in [3.63, 3.8) is 0 Å². The van der Waals surface area contributed by atoms with Crippen LogP contribution in [0.3, 0.4) is 0 Å². The minimum absolute atomic E-state index is 0.262. The Morgan fingerprint density at radius 1 is 1.15 bits per heavy atom. The lowest BCUT2D eigenvalue weighted by Crippen LogP contribution is -2.16. The number of carboxylic acids is 1. The Balaban J connectivity index is 2.31. The Labute approximate surface area is 117 Å². The minimum Gasteiger partial charge on any atom is -0.481 e. The fourth-order valence-electron chi connectivity index (χ4n) is 2.02. The Morgan fingerprint density at radius 3 is 2.30 bits per heavy atom. The second-order valence-corrected chi connectivity index (χ2v) is 5.07. The third-order valence-electron chi connectivity index (χ3n) is 3.22. The van der Waals surface area contributed by atoms with Crippen LogP contribution in [-0.4, -0.2) is 16.1 Å². The number of carbonyl (C=O) groups is 1. The molecule has 0 amide bonds. The molecule has 0 fully saturated rings. The Hall–Kier alpha value is -2.36. The lowest BCUT2D eigenvalue weighted by Gasteiger charge is -2.07. The van der Waals surface area contributed by atoms with Gasteiger partial charge in [-0.05, 0) is 23.1 Å². The monoisotopic (exact) mass is 271 g/mol. The molecule has 1 aromatic carbocycles. The summed E-state index contributed by atoms with van der Waals surface area (Å²) < 4.78 is 0. The number of aliphatic carboxylic acids is 1. The maximum atomic E-state index is 11.8. The van der Waals surface area contributed by atoms with Gasteiger partial charge in [-0.3, -0.25) is 9.59 Å². The first kappa shape index (κ1) is 14.1. The Kier molecular flexibility index (Phi) is 4.03. The molecule has 4 heteroatoms. The third kappa shape index (κ3) is 3.15. The molecule has 1 aromatic heterocycles. The highest BCUT2D eigenvalue weighted by Crippen LogP contribution is 2.20. The van der Waals surface area contributed by atoms with Crippen molar-refractivity contribution in [2.75, 3.05) is 0 Å². The fraction of sp³-hybridized carbons (Fsp3) is 0.250. The topological polar surface area (TPSA) is 70.2 Å². The first-order chi connectivity index (χ1) is 9.47. The van der Waals surface area contributed by atoms with Gasteiger partial charge in [-0.25, -0.2) is 0 Å². The molecule has 0 unspecified atom stereocenters. The van der Waals surface area contributed by atoms with Gasteiger partial charge in [-0.1, -0.05) is 44.2 Å². The molecule has 0 saturated heterocycles. The van der Waals surface area contributed by atoms with Crippen molar-refractivity contribution in [2.45, 2.75) is 26.2 Å². The second kappa shape index (κ2) is 5.74. The van der Waals surface area contributed by atoms with Gasteiger partial charge in [-0.2, -0.15) is 0 Å². The molecule has 0 spiro atoms. The summed E-state index contributed by atoms with van der Waals surface area (Å²) in [6.45, 7) is 4.25. The van der Waals surface area contributed by atoms with Gasteiger partial charge in [0.05, 0.1) is 6.42 Å². The maximum absolute atomic E-state index is 11.8. The molecule has 4 nitrogen and oxygen atoms in total. The van der Waals surface area contributed by atoms with Gasteiger partial charge in [0.15, 0.2) is 0 Å². The van der Waals surface area contributed by atoms with E-state index in [9.17, 15) is 9.59 Å². The molecular formula is C16H17NO3. The average molecular weight is 271 g/mol. The predicted molar refractivity (Wildman–Crippen MR) is 77.9 cm³/mol. The number of aromatic nitrogens is 1. The zero-order valence-corrected chi connectivity index (χ0v) is 11.5. The van der Waals surface area contributed by atoms with Crippen LogP contribution in [0.4, 0.5) is 0 Å². The van der Waals surface area contributed by atoms with Crippen molar-refractivity contribution in [1.82, 2.24) is 4.98 Å². The number of nitrogens with one attached hydrogen (secondary N) is 1. The lowest BCUT2D eigenvalue weighted by molar-refractivity contribution is -0.136. The minimum atomic E-state index is -1.01. The molecule has 0 saturated carbocycles. The quantitative estimate of drug-likeness (QED) is 0.898. The van der Waals surface area contributed by atoms with Gasteiger partial charge in [0.1, 0.15) is 0 Å². The SMILES string of the molecule is CC(C)c1ccc(-c2ccc(CC(=O)O)c(=O)[nH]2)cc1. The Morgan fingerprint density at radius 2 is 1.80 bits per heavy atom. The number of H-pyrrole nitrogens is 1. The van der Waals surface area contributed by atoms with Crippen molar-refractivity contribution in [3.05, 3.63) is 57.9 Å². The van der Waals surface area contributed by atoms with Crippen LogP contribution in [0, 0.1) is 0 Å².